The van der Waals surface area contributed by atoms with E-state index in [2.05, 4.69) is 10.2 Å². The number of carbonyl (C=O) groups is 1. The number of hydrogen-bond acceptors (Lipinski definition) is 3. The van der Waals surface area contributed by atoms with Gasteiger partial charge in [-0.25, -0.2) is 0 Å². The maximum Gasteiger partial charge on any atom is 0.234 e. The number of nitrogens with one attached hydrogen (secondary N) is 1. The van der Waals surface area contributed by atoms with Crippen molar-refractivity contribution in [2.75, 3.05) is 33.2 Å². The summed E-state index contributed by atoms with van der Waals surface area (Å²) < 4.78 is 0. The van der Waals surface area contributed by atoms with Crippen LogP contribution < -0.4 is 11.1 Å². The first-order chi connectivity index (χ1) is 7.72. The predicted molar refractivity (Wildman–Crippen MR) is 66.1 cm³/mol. The summed E-state index contributed by atoms with van der Waals surface area (Å²) in [6, 6.07) is 0. The Labute approximate surface area is 98.6 Å². The van der Waals surface area contributed by atoms with E-state index in [4.69, 9.17) is 5.73 Å². The highest BCUT2D eigenvalue weighted by atomic mass is 16.2. The van der Waals surface area contributed by atoms with Crippen LogP contribution in [-0.4, -0.2) is 44.0 Å². The second kappa shape index (κ2) is 7.63. The third-order valence-electron chi connectivity index (χ3n) is 3.17. The van der Waals surface area contributed by atoms with Gasteiger partial charge in [-0.2, -0.15) is 0 Å². The SMILES string of the molecule is CN(CC(=O)NCCN)CC1CCCCC1. The molecule has 1 aliphatic carbocycles. The van der Waals surface area contributed by atoms with E-state index in [0.29, 0.717) is 19.6 Å². The molecular formula is C12H25N3O. The molecule has 1 saturated carbocycles. The van der Waals surface area contributed by atoms with Crippen molar-refractivity contribution in [1.82, 2.24) is 10.2 Å². The first-order valence-electron chi connectivity index (χ1n) is 6.37. The first-order valence-corrected chi connectivity index (χ1v) is 6.37. The van der Waals surface area contributed by atoms with Crippen LogP contribution in [0.4, 0.5) is 0 Å². The van der Waals surface area contributed by atoms with Crippen LogP contribution in [0.5, 0.6) is 0 Å². The first kappa shape index (κ1) is 13.5. The van der Waals surface area contributed by atoms with Gasteiger partial charge in [-0.05, 0) is 25.8 Å². The van der Waals surface area contributed by atoms with Gasteiger partial charge in [0, 0.05) is 19.6 Å². The highest BCUT2D eigenvalue weighted by Gasteiger charge is 2.16. The maximum atomic E-state index is 11.4. The van der Waals surface area contributed by atoms with E-state index in [-0.39, 0.29) is 5.91 Å². The summed E-state index contributed by atoms with van der Waals surface area (Å²) >= 11 is 0. The molecule has 1 rings (SSSR count). The van der Waals surface area contributed by atoms with Crippen LogP contribution in [0.25, 0.3) is 0 Å². The zero-order chi connectivity index (χ0) is 11.8. The summed E-state index contributed by atoms with van der Waals surface area (Å²) in [5.41, 5.74) is 5.33. The van der Waals surface area contributed by atoms with Crippen molar-refractivity contribution in [2.24, 2.45) is 11.7 Å². The second-order valence-electron chi connectivity index (χ2n) is 4.84. The Hall–Kier alpha value is -0.610. The fourth-order valence-electron chi connectivity index (χ4n) is 2.39. The van der Waals surface area contributed by atoms with Gasteiger partial charge < -0.3 is 11.1 Å². The van der Waals surface area contributed by atoms with E-state index in [1.807, 2.05) is 7.05 Å². The van der Waals surface area contributed by atoms with Crippen LogP contribution in [-0.2, 0) is 4.79 Å². The highest BCUT2D eigenvalue weighted by molar-refractivity contribution is 5.77. The maximum absolute atomic E-state index is 11.4. The van der Waals surface area contributed by atoms with Gasteiger partial charge in [0.1, 0.15) is 0 Å². The average Bonchev–Trinajstić information content (AvgIpc) is 2.27. The normalized spacial score (nSPS) is 17.7. The molecule has 4 nitrogen and oxygen atoms in total. The number of rotatable bonds is 6. The zero-order valence-corrected chi connectivity index (χ0v) is 10.4. The molecule has 0 saturated heterocycles. The van der Waals surface area contributed by atoms with Crippen molar-refractivity contribution in [3.05, 3.63) is 0 Å². The van der Waals surface area contributed by atoms with E-state index < -0.39 is 0 Å². The Morgan fingerprint density at radius 2 is 2.06 bits per heavy atom. The van der Waals surface area contributed by atoms with Gasteiger partial charge in [0.2, 0.25) is 5.91 Å². The molecule has 0 aromatic carbocycles. The van der Waals surface area contributed by atoms with Crippen molar-refractivity contribution in [3.8, 4) is 0 Å². The fourth-order valence-corrected chi connectivity index (χ4v) is 2.39. The van der Waals surface area contributed by atoms with E-state index in [1.54, 1.807) is 0 Å². The van der Waals surface area contributed by atoms with E-state index in [9.17, 15) is 4.79 Å². The molecule has 1 amide bonds. The molecule has 1 fully saturated rings. The lowest BCUT2D eigenvalue weighted by atomic mass is 9.89. The van der Waals surface area contributed by atoms with Gasteiger partial charge in [0.15, 0.2) is 0 Å². The third kappa shape index (κ3) is 5.47. The summed E-state index contributed by atoms with van der Waals surface area (Å²) in [5.74, 6) is 0.879. The number of nitrogens with two attached hydrogens (primary N) is 1. The quantitative estimate of drug-likeness (QED) is 0.697. The van der Waals surface area contributed by atoms with Crippen LogP contribution in [0.15, 0.2) is 0 Å². The summed E-state index contributed by atoms with van der Waals surface area (Å²) in [6.45, 7) is 2.64. The van der Waals surface area contributed by atoms with Crippen LogP contribution >= 0.6 is 0 Å². The molecule has 0 aromatic heterocycles. The molecule has 0 aromatic rings. The number of hydrogen-bond donors (Lipinski definition) is 2. The summed E-state index contributed by atoms with van der Waals surface area (Å²) in [5, 5.41) is 2.79. The number of amides is 1. The van der Waals surface area contributed by atoms with Crippen LogP contribution in [0, 0.1) is 5.92 Å². The van der Waals surface area contributed by atoms with E-state index >= 15 is 0 Å². The summed E-state index contributed by atoms with van der Waals surface area (Å²) in [4.78, 5) is 13.6. The highest BCUT2D eigenvalue weighted by Crippen LogP contribution is 2.23. The Balaban J connectivity index is 2.13. The van der Waals surface area contributed by atoms with Crippen molar-refractivity contribution in [1.29, 1.82) is 0 Å². The molecule has 0 heterocycles. The van der Waals surface area contributed by atoms with Gasteiger partial charge in [0.05, 0.1) is 6.54 Å². The number of carbonyl (C=O) groups excluding carboxylic acids is 1. The minimum Gasteiger partial charge on any atom is -0.354 e. The molecule has 4 heteroatoms. The molecule has 3 N–H and O–H groups in total. The average molecular weight is 227 g/mol. The lowest BCUT2D eigenvalue weighted by molar-refractivity contribution is -0.122. The lowest BCUT2D eigenvalue weighted by Crippen LogP contribution is -2.39. The summed E-state index contributed by atoms with van der Waals surface area (Å²) in [7, 11) is 2.02. The van der Waals surface area contributed by atoms with Crippen molar-refractivity contribution in [3.63, 3.8) is 0 Å². The molecule has 16 heavy (non-hydrogen) atoms. The topological polar surface area (TPSA) is 58.4 Å². The van der Waals surface area contributed by atoms with Gasteiger partial charge in [0.25, 0.3) is 0 Å². The smallest absolute Gasteiger partial charge is 0.234 e. The number of nitrogens with zero attached hydrogens (tertiary/aromatic N) is 1. The standard InChI is InChI=1S/C12H25N3O/c1-15(10-12(16)14-8-7-13)9-11-5-3-2-4-6-11/h11H,2-10,13H2,1H3,(H,14,16). The summed E-state index contributed by atoms with van der Waals surface area (Å²) in [6.07, 6.45) is 6.76. The molecule has 0 bridgehead atoms. The van der Waals surface area contributed by atoms with Gasteiger partial charge in [-0.3, -0.25) is 9.69 Å². The van der Waals surface area contributed by atoms with Crippen LogP contribution in [0.2, 0.25) is 0 Å². The fraction of sp³-hybridized carbons (Fsp3) is 0.917. The van der Waals surface area contributed by atoms with Crippen LogP contribution in [0.1, 0.15) is 32.1 Å². The monoisotopic (exact) mass is 227 g/mol. The lowest BCUT2D eigenvalue weighted by Gasteiger charge is -2.26. The predicted octanol–water partition coefficient (Wildman–Crippen LogP) is 0.573. The van der Waals surface area contributed by atoms with Crippen LogP contribution in [0.3, 0.4) is 0 Å². The Morgan fingerprint density at radius 1 is 1.38 bits per heavy atom. The molecule has 94 valence electrons. The molecule has 0 spiro atoms. The zero-order valence-electron chi connectivity index (χ0n) is 10.4. The largest absolute Gasteiger partial charge is 0.354 e. The molecule has 0 unspecified atom stereocenters. The number of likely N-dealkylation sites (N-methyl/N-ethyl adjacent to an activating group) is 1. The van der Waals surface area contributed by atoms with Crippen molar-refractivity contribution in [2.45, 2.75) is 32.1 Å². The Bertz CT molecular complexity index is 202. The van der Waals surface area contributed by atoms with E-state index in [0.717, 1.165) is 12.5 Å². The second-order valence-corrected chi connectivity index (χ2v) is 4.84. The minimum absolute atomic E-state index is 0.0868. The van der Waals surface area contributed by atoms with Gasteiger partial charge >= 0.3 is 0 Å². The third-order valence-corrected chi connectivity index (χ3v) is 3.17. The van der Waals surface area contributed by atoms with Gasteiger partial charge in [-0.1, -0.05) is 19.3 Å². The van der Waals surface area contributed by atoms with Crippen molar-refractivity contribution < 1.29 is 4.79 Å². The minimum atomic E-state index is 0.0868. The van der Waals surface area contributed by atoms with Crippen molar-refractivity contribution >= 4 is 5.91 Å². The molecule has 0 radical (unpaired) electrons. The Kier molecular flexibility index (Phi) is 6.42. The molecular weight excluding hydrogens is 202 g/mol. The van der Waals surface area contributed by atoms with Gasteiger partial charge in [-0.15, -0.1) is 0 Å². The molecule has 0 atom stereocenters. The Morgan fingerprint density at radius 3 is 2.69 bits per heavy atom. The molecule has 1 aliphatic rings. The van der Waals surface area contributed by atoms with E-state index in [1.165, 1.54) is 32.1 Å². The molecule has 0 aliphatic heterocycles.